The van der Waals surface area contributed by atoms with E-state index in [0.717, 1.165) is 28.7 Å². The molecule has 3 aromatic rings. The zero-order valence-corrected chi connectivity index (χ0v) is 24.7. The second kappa shape index (κ2) is 13.6. The second-order valence-corrected chi connectivity index (χ2v) is 11.6. The first kappa shape index (κ1) is 29.3. The molecule has 42 heavy (non-hydrogen) atoms. The molecule has 216 valence electrons. The molecule has 2 heterocycles. The summed E-state index contributed by atoms with van der Waals surface area (Å²) in [5.41, 5.74) is 4.81. The maximum atomic E-state index is 13.6. The molecule has 0 aliphatic carbocycles. The first-order valence-corrected chi connectivity index (χ1v) is 15.2. The van der Waals surface area contributed by atoms with Crippen molar-refractivity contribution >= 4 is 46.2 Å². The molecule has 0 saturated carbocycles. The van der Waals surface area contributed by atoms with Crippen molar-refractivity contribution in [2.24, 2.45) is 9.98 Å². The van der Waals surface area contributed by atoms with Gasteiger partial charge in [-0.2, -0.15) is 0 Å². The number of rotatable bonds is 11. The Kier molecular flexibility index (Phi) is 9.48. The molecule has 3 amide bonds. The molecule has 0 unspecified atom stereocenters. The minimum atomic E-state index is -0.688. The van der Waals surface area contributed by atoms with E-state index >= 15 is 0 Å². The standard InChI is InChI=1S/C33H35N5O3S/c1-3-28(31(40)35-21-24-15-13-22(2)14-16-24)42-33-37-26-12-8-7-11-25(26)30-36-27(32(41)38(30)33)17-18-29(39)34-20-19-23-9-5-4-6-10-23/h4-16,27-28H,3,17-21H2,1-2H3,(H,34,39)(H,35,40)/t27-,28+/m1/s1. The van der Waals surface area contributed by atoms with Crippen LogP contribution >= 0.6 is 11.8 Å². The van der Waals surface area contributed by atoms with Crippen LogP contribution in [-0.2, 0) is 27.3 Å². The second-order valence-electron chi connectivity index (χ2n) is 10.4. The lowest BCUT2D eigenvalue weighted by molar-refractivity contribution is -0.125. The third-order valence-corrected chi connectivity index (χ3v) is 8.59. The Morgan fingerprint density at radius 2 is 1.69 bits per heavy atom. The van der Waals surface area contributed by atoms with E-state index in [1.807, 2.05) is 92.7 Å². The highest BCUT2D eigenvalue weighted by atomic mass is 32.2. The average molecular weight is 582 g/mol. The lowest BCUT2D eigenvalue weighted by Crippen LogP contribution is -2.43. The Balaban J connectivity index is 1.23. The lowest BCUT2D eigenvalue weighted by atomic mass is 10.1. The molecule has 2 aliphatic rings. The number of carbonyl (C=O) groups excluding carboxylic acids is 3. The van der Waals surface area contributed by atoms with Crippen molar-refractivity contribution in [1.29, 1.82) is 0 Å². The van der Waals surface area contributed by atoms with Crippen molar-refractivity contribution in [2.45, 2.75) is 57.4 Å². The van der Waals surface area contributed by atoms with Gasteiger partial charge >= 0.3 is 0 Å². The number of nitrogens with one attached hydrogen (secondary N) is 2. The molecule has 2 aliphatic heterocycles. The monoisotopic (exact) mass is 581 g/mol. The molecule has 0 bridgehead atoms. The van der Waals surface area contributed by atoms with Crippen molar-refractivity contribution in [2.75, 3.05) is 6.54 Å². The van der Waals surface area contributed by atoms with Crippen molar-refractivity contribution in [3.8, 4) is 0 Å². The predicted octanol–water partition coefficient (Wildman–Crippen LogP) is 4.92. The Bertz CT molecular complexity index is 1500. The number of hydrogen-bond donors (Lipinski definition) is 2. The molecular formula is C33H35N5O3S. The minimum absolute atomic E-state index is 0.108. The summed E-state index contributed by atoms with van der Waals surface area (Å²) in [6, 6.07) is 24.9. The average Bonchev–Trinajstić information content (AvgIpc) is 3.35. The van der Waals surface area contributed by atoms with E-state index in [2.05, 4.69) is 10.6 Å². The van der Waals surface area contributed by atoms with Crippen LogP contribution in [0.3, 0.4) is 0 Å². The summed E-state index contributed by atoms with van der Waals surface area (Å²) in [7, 11) is 0. The van der Waals surface area contributed by atoms with E-state index in [4.69, 9.17) is 9.98 Å². The molecule has 0 saturated heterocycles. The van der Waals surface area contributed by atoms with Crippen LogP contribution in [0.2, 0.25) is 0 Å². The molecule has 8 nitrogen and oxygen atoms in total. The van der Waals surface area contributed by atoms with Crippen LogP contribution in [0.15, 0.2) is 88.8 Å². The molecule has 5 rings (SSSR count). The molecule has 3 aromatic carbocycles. The van der Waals surface area contributed by atoms with Crippen molar-refractivity contribution in [3.05, 3.63) is 101 Å². The van der Waals surface area contributed by atoms with Crippen LogP contribution in [0.1, 0.15) is 48.4 Å². The summed E-state index contributed by atoms with van der Waals surface area (Å²) in [6.07, 6.45) is 1.79. The van der Waals surface area contributed by atoms with Gasteiger partial charge in [0.05, 0.1) is 10.9 Å². The van der Waals surface area contributed by atoms with Gasteiger partial charge in [-0.1, -0.05) is 91.0 Å². The number of thioether (sulfide) groups is 1. The summed E-state index contributed by atoms with van der Waals surface area (Å²) in [5, 5.41) is 5.96. The number of aryl methyl sites for hydroxylation is 1. The predicted molar refractivity (Wildman–Crippen MR) is 168 cm³/mol. The van der Waals surface area contributed by atoms with Gasteiger partial charge in [-0.3, -0.25) is 19.4 Å². The Morgan fingerprint density at radius 1 is 0.952 bits per heavy atom. The fourth-order valence-corrected chi connectivity index (χ4v) is 5.92. The van der Waals surface area contributed by atoms with E-state index in [-0.39, 0.29) is 24.1 Å². The normalized spacial score (nSPS) is 16.2. The highest BCUT2D eigenvalue weighted by Gasteiger charge is 2.42. The molecule has 0 fully saturated rings. The van der Waals surface area contributed by atoms with E-state index < -0.39 is 11.3 Å². The number of amides is 3. The zero-order valence-electron chi connectivity index (χ0n) is 23.9. The highest BCUT2D eigenvalue weighted by molar-refractivity contribution is 8.15. The topological polar surface area (TPSA) is 103 Å². The van der Waals surface area contributed by atoms with Crippen molar-refractivity contribution in [1.82, 2.24) is 15.5 Å². The first-order chi connectivity index (χ1) is 20.4. The highest BCUT2D eigenvalue weighted by Crippen LogP contribution is 2.35. The third-order valence-electron chi connectivity index (χ3n) is 7.27. The number of nitrogens with zero attached hydrogens (tertiary/aromatic N) is 3. The number of fused-ring (bicyclic) bond motifs is 3. The molecule has 0 radical (unpaired) electrons. The largest absolute Gasteiger partial charge is 0.356 e. The number of para-hydroxylation sites is 1. The van der Waals surface area contributed by atoms with Gasteiger partial charge in [-0.05, 0) is 49.4 Å². The summed E-state index contributed by atoms with van der Waals surface area (Å²) in [5.74, 6) is 0.0810. The summed E-state index contributed by atoms with van der Waals surface area (Å²) in [4.78, 5) is 50.4. The maximum absolute atomic E-state index is 13.6. The van der Waals surface area contributed by atoms with Crippen LogP contribution in [0, 0.1) is 6.92 Å². The smallest absolute Gasteiger partial charge is 0.259 e. The third kappa shape index (κ3) is 6.97. The summed E-state index contributed by atoms with van der Waals surface area (Å²) in [6.45, 7) is 4.93. The van der Waals surface area contributed by atoms with Gasteiger partial charge in [-0.25, -0.2) is 9.89 Å². The van der Waals surface area contributed by atoms with Gasteiger partial charge in [-0.15, -0.1) is 0 Å². The quantitative estimate of drug-likeness (QED) is 0.336. The molecule has 0 spiro atoms. The van der Waals surface area contributed by atoms with Gasteiger partial charge in [0.15, 0.2) is 5.17 Å². The number of hydrogen-bond acceptors (Lipinski definition) is 6. The lowest BCUT2D eigenvalue weighted by Gasteiger charge is -2.27. The fourth-order valence-electron chi connectivity index (χ4n) is 4.87. The molecule has 2 atom stereocenters. The Morgan fingerprint density at radius 3 is 2.45 bits per heavy atom. The van der Waals surface area contributed by atoms with Gasteiger partial charge < -0.3 is 10.6 Å². The van der Waals surface area contributed by atoms with Crippen LogP contribution in [-0.4, -0.2) is 51.5 Å². The minimum Gasteiger partial charge on any atom is -0.356 e. The van der Waals surface area contributed by atoms with Gasteiger partial charge in [0.1, 0.15) is 11.9 Å². The van der Waals surface area contributed by atoms with Crippen molar-refractivity contribution in [3.63, 3.8) is 0 Å². The molecule has 9 heteroatoms. The van der Waals surface area contributed by atoms with Gasteiger partial charge in [0.2, 0.25) is 11.8 Å². The van der Waals surface area contributed by atoms with E-state index in [1.54, 1.807) is 0 Å². The number of benzene rings is 3. The summed E-state index contributed by atoms with van der Waals surface area (Å²) >= 11 is 1.27. The van der Waals surface area contributed by atoms with Gasteiger partial charge in [0.25, 0.3) is 5.91 Å². The summed E-state index contributed by atoms with van der Waals surface area (Å²) < 4.78 is 0. The first-order valence-electron chi connectivity index (χ1n) is 14.3. The molecule has 2 N–H and O–H groups in total. The molecule has 0 aromatic heterocycles. The van der Waals surface area contributed by atoms with Gasteiger partial charge in [0, 0.05) is 25.1 Å². The Hall–Kier alpha value is -4.24. The molecular weight excluding hydrogens is 546 g/mol. The zero-order chi connectivity index (χ0) is 29.5. The van der Waals surface area contributed by atoms with Crippen LogP contribution in [0.25, 0.3) is 0 Å². The van der Waals surface area contributed by atoms with E-state index in [9.17, 15) is 14.4 Å². The van der Waals surface area contributed by atoms with Crippen molar-refractivity contribution < 1.29 is 14.4 Å². The van der Waals surface area contributed by atoms with E-state index in [0.29, 0.717) is 42.6 Å². The van der Waals surface area contributed by atoms with E-state index in [1.165, 1.54) is 16.7 Å². The SMILES string of the molecule is CC[C@H](SC1=Nc2ccccc2C2=N[C@H](CCC(=O)NCCc3ccccc3)C(=O)N12)C(=O)NCc1ccc(C)cc1. The fraction of sp³-hybridized carbons (Fsp3) is 0.303. The van der Waals surface area contributed by atoms with Crippen LogP contribution in [0.5, 0.6) is 0 Å². The number of aliphatic imine (C=N–C) groups is 2. The maximum Gasteiger partial charge on any atom is 0.259 e. The Labute approximate surface area is 250 Å². The number of carbonyl (C=O) groups is 3. The number of amidine groups is 2. The van der Waals surface area contributed by atoms with Crippen LogP contribution < -0.4 is 10.6 Å². The van der Waals surface area contributed by atoms with Crippen LogP contribution in [0.4, 0.5) is 5.69 Å².